The number of fused-ring (bicyclic) bond motifs is 1. The third-order valence-electron chi connectivity index (χ3n) is 4.05. The highest BCUT2D eigenvalue weighted by Gasteiger charge is 2.06. The third-order valence-corrected chi connectivity index (χ3v) is 4.05. The van der Waals surface area contributed by atoms with Crippen LogP contribution in [-0.4, -0.2) is 33.3 Å². The average molecular weight is 365 g/mol. The van der Waals surface area contributed by atoms with Crippen molar-refractivity contribution < 1.29 is 14.2 Å². The van der Waals surface area contributed by atoms with Gasteiger partial charge in [0.05, 0.1) is 26.5 Å². The first-order valence-electron chi connectivity index (χ1n) is 8.61. The highest BCUT2D eigenvalue weighted by molar-refractivity contribution is 5.94. The average Bonchev–Trinajstić information content (AvgIpc) is 2.71. The molecule has 140 valence electrons. The molecule has 0 saturated carbocycles. The molecule has 27 heavy (non-hydrogen) atoms. The minimum Gasteiger partial charge on any atom is -0.497 e. The highest BCUT2D eigenvalue weighted by atomic mass is 16.5. The van der Waals surface area contributed by atoms with Gasteiger partial charge in [-0.2, -0.15) is 0 Å². The number of nitrogens with one attached hydrogen (secondary N) is 1. The molecule has 0 amide bonds. The summed E-state index contributed by atoms with van der Waals surface area (Å²) in [5, 5.41) is 5.25. The predicted molar refractivity (Wildman–Crippen MR) is 109 cm³/mol. The summed E-state index contributed by atoms with van der Waals surface area (Å²) in [4.78, 5) is 4.31. The number of rotatable bonds is 7. The Kier molecular flexibility index (Phi) is 5.99. The Balaban J connectivity index is 1.60. The quantitative estimate of drug-likeness (QED) is 0.379. The van der Waals surface area contributed by atoms with Gasteiger partial charge in [-0.3, -0.25) is 0 Å². The van der Waals surface area contributed by atoms with Gasteiger partial charge in [0, 0.05) is 11.5 Å². The normalized spacial score (nSPS) is 11.3. The Hall–Kier alpha value is -3.41. The van der Waals surface area contributed by atoms with Gasteiger partial charge >= 0.3 is 0 Å². The van der Waals surface area contributed by atoms with E-state index in [-0.39, 0.29) is 5.96 Å². The van der Waals surface area contributed by atoms with Gasteiger partial charge < -0.3 is 25.3 Å². The zero-order valence-corrected chi connectivity index (χ0v) is 15.4. The second-order valence-corrected chi connectivity index (χ2v) is 5.78. The van der Waals surface area contributed by atoms with Gasteiger partial charge in [-0.05, 0) is 23.6 Å². The second kappa shape index (κ2) is 8.80. The van der Waals surface area contributed by atoms with Crippen LogP contribution in [0, 0.1) is 0 Å². The SMILES string of the molecule is COc1ccc(OC)c(NC(N)=NCCOc2cccc3ccccc23)c1. The van der Waals surface area contributed by atoms with Crippen molar-refractivity contribution in [2.24, 2.45) is 10.7 Å². The topological polar surface area (TPSA) is 78.1 Å². The molecule has 0 atom stereocenters. The molecule has 0 heterocycles. The Morgan fingerprint density at radius 3 is 2.59 bits per heavy atom. The number of benzene rings is 3. The van der Waals surface area contributed by atoms with E-state index in [1.165, 1.54) is 0 Å². The lowest BCUT2D eigenvalue weighted by Gasteiger charge is -2.12. The van der Waals surface area contributed by atoms with E-state index < -0.39 is 0 Å². The van der Waals surface area contributed by atoms with E-state index in [1.807, 2.05) is 36.4 Å². The molecule has 0 bridgehead atoms. The monoisotopic (exact) mass is 365 g/mol. The molecular formula is C21H23N3O3. The van der Waals surface area contributed by atoms with Crippen LogP contribution in [-0.2, 0) is 0 Å². The smallest absolute Gasteiger partial charge is 0.193 e. The van der Waals surface area contributed by atoms with Crippen LogP contribution < -0.4 is 25.3 Å². The number of anilines is 1. The van der Waals surface area contributed by atoms with Gasteiger partial charge in [0.15, 0.2) is 5.96 Å². The standard InChI is InChI=1S/C21H23N3O3/c1-25-16-10-11-20(26-2)18(14-16)24-21(22)23-12-13-27-19-9-5-7-15-6-3-4-8-17(15)19/h3-11,14H,12-13H2,1-2H3,(H3,22,23,24). The number of methoxy groups -OCH3 is 2. The van der Waals surface area contributed by atoms with E-state index >= 15 is 0 Å². The van der Waals surface area contributed by atoms with Crippen LogP contribution in [0.15, 0.2) is 65.7 Å². The molecule has 0 aromatic heterocycles. The number of guanidine groups is 1. The van der Waals surface area contributed by atoms with Crippen LogP contribution in [0.1, 0.15) is 0 Å². The van der Waals surface area contributed by atoms with Crippen molar-refractivity contribution >= 4 is 22.4 Å². The molecule has 0 radical (unpaired) electrons. The summed E-state index contributed by atoms with van der Waals surface area (Å²) in [6.45, 7) is 0.847. The Morgan fingerprint density at radius 1 is 0.963 bits per heavy atom. The Morgan fingerprint density at radius 2 is 1.78 bits per heavy atom. The lowest BCUT2D eigenvalue weighted by molar-refractivity contribution is 0.332. The molecule has 0 aliphatic carbocycles. The van der Waals surface area contributed by atoms with Gasteiger partial charge in [-0.25, -0.2) is 4.99 Å². The van der Waals surface area contributed by atoms with E-state index in [0.717, 1.165) is 16.5 Å². The second-order valence-electron chi connectivity index (χ2n) is 5.78. The fourth-order valence-electron chi connectivity index (χ4n) is 2.73. The maximum absolute atomic E-state index is 5.98. The van der Waals surface area contributed by atoms with E-state index in [9.17, 15) is 0 Å². The molecule has 0 aliphatic rings. The maximum Gasteiger partial charge on any atom is 0.193 e. The molecular weight excluding hydrogens is 342 g/mol. The molecule has 6 nitrogen and oxygen atoms in total. The van der Waals surface area contributed by atoms with Crippen molar-refractivity contribution in [2.75, 3.05) is 32.7 Å². The van der Waals surface area contributed by atoms with Crippen LogP contribution >= 0.6 is 0 Å². The lowest BCUT2D eigenvalue weighted by atomic mass is 10.1. The molecule has 6 heteroatoms. The minimum atomic E-state index is 0.281. The summed E-state index contributed by atoms with van der Waals surface area (Å²) in [6, 6.07) is 19.5. The first kappa shape index (κ1) is 18.4. The molecule has 3 aromatic rings. The van der Waals surface area contributed by atoms with Gasteiger partial charge in [0.1, 0.15) is 23.9 Å². The largest absolute Gasteiger partial charge is 0.497 e. The van der Waals surface area contributed by atoms with E-state index in [1.54, 1.807) is 26.4 Å². The third kappa shape index (κ3) is 4.61. The van der Waals surface area contributed by atoms with Gasteiger partial charge in [-0.1, -0.05) is 36.4 Å². The van der Waals surface area contributed by atoms with Gasteiger partial charge in [0.25, 0.3) is 0 Å². The van der Waals surface area contributed by atoms with Crippen LogP contribution in [0.3, 0.4) is 0 Å². The Bertz CT molecular complexity index is 936. The first-order chi connectivity index (χ1) is 13.2. The van der Waals surface area contributed by atoms with Crippen LogP contribution in [0.2, 0.25) is 0 Å². The number of nitrogens with two attached hydrogens (primary N) is 1. The zero-order valence-electron chi connectivity index (χ0n) is 15.4. The number of aliphatic imine (C=N–C) groups is 1. The van der Waals surface area contributed by atoms with Crippen molar-refractivity contribution in [1.82, 2.24) is 0 Å². The molecule has 0 fully saturated rings. The fourth-order valence-corrected chi connectivity index (χ4v) is 2.73. The number of hydrogen-bond acceptors (Lipinski definition) is 4. The van der Waals surface area contributed by atoms with Crippen molar-refractivity contribution in [1.29, 1.82) is 0 Å². The molecule has 3 aromatic carbocycles. The van der Waals surface area contributed by atoms with Crippen LogP contribution in [0.5, 0.6) is 17.2 Å². The lowest BCUT2D eigenvalue weighted by Crippen LogP contribution is -2.24. The number of ether oxygens (including phenoxy) is 3. The van der Waals surface area contributed by atoms with E-state index in [4.69, 9.17) is 19.9 Å². The van der Waals surface area contributed by atoms with Gasteiger partial charge in [-0.15, -0.1) is 0 Å². The number of nitrogens with zero attached hydrogens (tertiary/aromatic N) is 1. The summed E-state index contributed by atoms with van der Waals surface area (Å²) in [5.41, 5.74) is 6.67. The first-order valence-corrected chi connectivity index (χ1v) is 8.61. The maximum atomic E-state index is 5.98. The summed E-state index contributed by atoms with van der Waals surface area (Å²) < 4.78 is 16.4. The van der Waals surface area contributed by atoms with E-state index in [2.05, 4.69) is 22.4 Å². The zero-order chi connectivity index (χ0) is 19.1. The highest BCUT2D eigenvalue weighted by Crippen LogP contribution is 2.28. The molecule has 0 aliphatic heterocycles. The van der Waals surface area contributed by atoms with Gasteiger partial charge in [0.2, 0.25) is 0 Å². The molecule has 0 spiro atoms. The van der Waals surface area contributed by atoms with Crippen molar-refractivity contribution in [2.45, 2.75) is 0 Å². The number of hydrogen-bond donors (Lipinski definition) is 2. The van der Waals surface area contributed by atoms with Crippen molar-refractivity contribution in [3.05, 3.63) is 60.7 Å². The molecule has 3 N–H and O–H groups in total. The van der Waals surface area contributed by atoms with Crippen molar-refractivity contribution in [3.8, 4) is 17.2 Å². The van der Waals surface area contributed by atoms with Crippen LogP contribution in [0.25, 0.3) is 10.8 Å². The summed E-state index contributed by atoms with van der Waals surface area (Å²) in [6.07, 6.45) is 0. The van der Waals surface area contributed by atoms with Crippen molar-refractivity contribution in [3.63, 3.8) is 0 Å². The van der Waals surface area contributed by atoms with E-state index in [0.29, 0.717) is 30.3 Å². The molecule has 0 unspecified atom stereocenters. The molecule has 3 rings (SSSR count). The Labute approximate surface area is 158 Å². The van der Waals surface area contributed by atoms with Crippen LogP contribution in [0.4, 0.5) is 5.69 Å². The molecule has 0 saturated heterocycles. The summed E-state index contributed by atoms with van der Waals surface area (Å²) in [5.74, 6) is 2.47. The fraction of sp³-hybridized carbons (Fsp3) is 0.190. The summed E-state index contributed by atoms with van der Waals surface area (Å²) in [7, 11) is 3.20. The predicted octanol–water partition coefficient (Wildman–Crippen LogP) is 3.66. The minimum absolute atomic E-state index is 0.281. The summed E-state index contributed by atoms with van der Waals surface area (Å²) >= 11 is 0.